The number of hydrogen-bond donors (Lipinski definition) is 1. The van der Waals surface area contributed by atoms with Crippen molar-refractivity contribution in [1.29, 1.82) is 0 Å². The number of nitrogens with zero attached hydrogens (tertiary/aromatic N) is 1. The molecule has 1 N–H and O–H groups in total. The Bertz CT molecular complexity index is 754. The van der Waals surface area contributed by atoms with E-state index in [1.165, 1.54) is 23.1 Å². The first-order valence-electron chi connectivity index (χ1n) is 6.79. The van der Waals surface area contributed by atoms with Crippen LogP contribution in [0, 0.1) is 12.7 Å². The second-order valence-electron chi connectivity index (χ2n) is 5.15. The molecule has 1 fully saturated rings. The number of morpholine rings is 1. The van der Waals surface area contributed by atoms with E-state index >= 15 is 0 Å². The molecule has 1 saturated heterocycles. The standard InChI is InChI=1S/C15H14FNO5/c1-8-10-6-9(16)2-3-11(10)22-13(8)14(18)17-4-5-21-12(7-17)15(19)20/h2-3,6,12H,4-5,7H2,1H3,(H,19,20). The molecule has 2 aromatic rings. The molecule has 0 radical (unpaired) electrons. The Morgan fingerprint density at radius 3 is 2.91 bits per heavy atom. The lowest BCUT2D eigenvalue weighted by molar-refractivity contribution is -0.154. The van der Waals surface area contributed by atoms with Gasteiger partial charge in [-0.2, -0.15) is 0 Å². The van der Waals surface area contributed by atoms with Gasteiger partial charge >= 0.3 is 5.97 Å². The van der Waals surface area contributed by atoms with Gasteiger partial charge < -0.3 is 19.2 Å². The van der Waals surface area contributed by atoms with Gasteiger partial charge in [-0.25, -0.2) is 9.18 Å². The molecular weight excluding hydrogens is 293 g/mol. The summed E-state index contributed by atoms with van der Waals surface area (Å²) in [6.45, 7) is 2.07. The number of benzene rings is 1. The van der Waals surface area contributed by atoms with Crippen molar-refractivity contribution >= 4 is 22.8 Å². The van der Waals surface area contributed by atoms with Crippen molar-refractivity contribution in [3.8, 4) is 0 Å². The Kier molecular flexibility index (Phi) is 3.58. The summed E-state index contributed by atoms with van der Waals surface area (Å²) in [6, 6.07) is 4.03. The lowest BCUT2D eigenvalue weighted by atomic mass is 10.1. The number of furan rings is 1. The number of aliphatic carboxylic acids is 1. The third-order valence-electron chi connectivity index (χ3n) is 3.72. The topological polar surface area (TPSA) is 80.0 Å². The van der Waals surface area contributed by atoms with Gasteiger partial charge in [-0.3, -0.25) is 4.79 Å². The van der Waals surface area contributed by atoms with Crippen LogP contribution in [0.4, 0.5) is 4.39 Å². The highest BCUT2D eigenvalue weighted by Crippen LogP contribution is 2.27. The molecule has 1 atom stereocenters. The lowest BCUT2D eigenvalue weighted by Gasteiger charge is -2.30. The largest absolute Gasteiger partial charge is 0.479 e. The number of carbonyl (C=O) groups excluding carboxylic acids is 1. The predicted octanol–water partition coefficient (Wildman–Crippen LogP) is 1.81. The minimum absolute atomic E-state index is 0.0426. The first-order valence-corrected chi connectivity index (χ1v) is 6.79. The van der Waals surface area contributed by atoms with E-state index in [2.05, 4.69) is 0 Å². The molecule has 0 aliphatic carbocycles. The fourth-order valence-electron chi connectivity index (χ4n) is 2.52. The van der Waals surface area contributed by atoms with E-state index in [-0.39, 0.29) is 25.5 Å². The van der Waals surface area contributed by atoms with Gasteiger partial charge in [0.25, 0.3) is 5.91 Å². The Morgan fingerprint density at radius 1 is 1.41 bits per heavy atom. The van der Waals surface area contributed by atoms with Crippen molar-refractivity contribution in [2.24, 2.45) is 0 Å². The van der Waals surface area contributed by atoms with E-state index in [9.17, 15) is 14.0 Å². The van der Waals surface area contributed by atoms with Gasteiger partial charge in [-0.15, -0.1) is 0 Å². The van der Waals surface area contributed by atoms with Crippen LogP contribution in [-0.2, 0) is 9.53 Å². The highest BCUT2D eigenvalue weighted by Gasteiger charge is 2.31. The summed E-state index contributed by atoms with van der Waals surface area (Å²) < 4.78 is 23.9. The van der Waals surface area contributed by atoms with Gasteiger partial charge in [-0.1, -0.05) is 0 Å². The molecule has 1 aromatic heterocycles. The van der Waals surface area contributed by atoms with Crippen LogP contribution >= 0.6 is 0 Å². The van der Waals surface area contributed by atoms with Crippen molar-refractivity contribution in [3.05, 3.63) is 35.3 Å². The predicted molar refractivity (Wildman–Crippen MR) is 74.2 cm³/mol. The highest BCUT2D eigenvalue weighted by molar-refractivity contribution is 5.99. The molecule has 6 nitrogen and oxygen atoms in total. The van der Waals surface area contributed by atoms with Crippen molar-refractivity contribution < 1.29 is 28.2 Å². The highest BCUT2D eigenvalue weighted by atomic mass is 19.1. The van der Waals surface area contributed by atoms with Gasteiger partial charge in [0.2, 0.25) is 0 Å². The Morgan fingerprint density at radius 2 is 2.18 bits per heavy atom. The average Bonchev–Trinajstić information content (AvgIpc) is 2.83. The van der Waals surface area contributed by atoms with Crippen molar-refractivity contribution in [2.75, 3.05) is 19.7 Å². The number of ether oxygens (including phenoxy) is 1. The zero-order valence-corrected chi connectivity index (χ0v) is 11.8. The molecule has 2 heterocycles. The number of rotatable bonds is 2. The number of hydrogen-bond acceptors (Lipinski definition) is 4. The molecule has 0 saturated carbocycles. The van der Waals surface area contributed by atoms with Crippen LogP contribution in [0.2, 0.25) is 0 Å². The van der Waals surface area contributed by atoms with E-state index in [1.54, 1.807) is 6.92 Å². The monoisotopic (exact) mass is 307 g/mol. The SMILES string of the molecule is Cc1c(C(=O)N2CCOC(C(=O)O)C2)oc2ccc(F)cc12. The van der Waals surface area contributed by atoms with Crippen LogP contribution in [0.15, 0.2) is 22.6 Å². The number of carboxylic acid groups (broad SMARTS) is 1. The summed E-state index contributed by atoms with van der Waals surface area (Å²) in [5.74, 6) is -1.83. The molecule has 116 valence electrons. The lowest BCUT2D eigenvalue weighted by Crippen LogP contribution is -2.48. The summed E-state index contributed by atoms with van der Waals surface area (Å²) in [5.41, 5.74) is 0.961. The maximum atomic E-state index is 13.3. The molecule has 3 rings (SSSR count). The molecule has 1 aliphatic heterocycles. The number of halogens is 1. The van der Waals surface area contributed by atoms with Crippen LogP contribution in [0.5, 0.6) is 0 Å². The zero-order chi connectivity index (χ0) is 15.9. The summed E-state index contributed by atoms with van der Waals surface area (Å²) >= 11 is 0. The van der Waals surface area contributed by atoms with Crippen LogP contribution in [-0.4, -0.2) is 47.7 Å². The molecule has 0 bridgehead atoms. The third kappa shape index (κ3) is 2.43. The minimum Gasteiger partial charge on any atom is -0.479 e. The normalized spacial score (nSPS) is 18.6. The van der Waals surface area contributed by atoms with E-state index in [0.29, 0.717) is 16.5 Å². The average molecular weight is 307 g/mol. The quantitative estimate of drug-likeness (QED) is 0.915. The molecule has 1 unspecified atom stereocenters. The van der Waals surface area contributed by atoms with Gasteiger partial charge in [0.05, 0.1) is 13.2 Å². The minimum atomic E-state index is -1.11. The maximum absolute atomic E-state index is 13.3. The van der Waals surface area contributed by atoms with Crippen LogP contribution in [0.3, 0.4) is 0 Å². The molecule has 0 spiro atoms. The van der Waals surface area contributed by atoms with E-state index in [1.807, 2.05) is 0 Å². The van der Waals surface area contributed by atoms with Gasteiger partial charge in [-0.05, 0) is 25.1 Å². The summed E-state index contributed by atoms with van der Waals surface area (Å²) in [4.78, 5) is 24.9. The van der Waals surface area contributed by atoms with E-state index < -0.39 is 23.8 Å². The van der Waals surface area contributed by atoms with Crippen LogP contribution < -0.4 is 0 Å². The summed E-state index contributed by atoms with van der Waals surface area (Å²) in [6.07, 6.45) is -1.04. The van der Waals surface area contributed by atoms with Gasteiger partial charge in [0.1, 0.15) is 11.4 Å². The number of amides is 1. The molecule has 1 aromatic carbocycles. The molecule has 1 aliphatic rings. The second kappa shape index (κ2) is 5.42. The number of fused-ring (bicyclic) bond motifs is 1. The van der Waals surface area contributed by atoms with Crippen molar-refractivity contribution in [2.45, 2.75) is 13.0 Å². The maximum Gasteiger partial charge on any atom is 0.334 e. The zero-order valence-electron chi connectivity index (χ0n) is 11.8. The Labute approximate surface area is 125 Å². The van der Waals surface area contributed by atoms with Crippen LogP contribution in [0.1, 0.15) is 16.1 Å². The fourth-order valence-corrected chi connectivity index (χ4v) is 2.52. The van der Waals surface area contributed by atoms with Crippen molar-refractivity contribution in [3.63, 3.8) is 0 Å². The number of carbonyl (C=O) groups is 2. The fraction of sp³-hybridized carbons (Fsp3) is 0.333. The van der Waals surface area contributed by atoms with E-state index in [0.717, 1.165) is 0 Å². The first-order chi connectivity index (χ1) is 10.5. The third-order valence-corrected chi connectivity index (χ3v) is 3.72. The molecule has 7 heteroatoms. The summed E-state index contributed by atoms with van der Waals surface area (Å²) in [7, 11) is 0. The Balaban J connectivity index is 1.92. The molecule has 1 amide bonds. The molecular formula is C15H14FNO5. The smallest absolute Gasteiger partial charge is 0.334 e. The van der Waals surface area contributed by atoms with Crippen LogP contribution in [0.25, 0.3) is 11.0 Å². The van der Waals surface area contributed by atoms with E-state index in [4.69, 9.17) is 14.3 Å². The number of carboxylic acids is 1. The summed E-state index contributed by atoms with van der Waals surface area (Å²) in [5, 5.41) is 9.51. The Hall–Kier alpha value is -2.41. The van der Waals surface area contributed by atoms with Crippen molar-refractivity contribution in [1.82, 2.24) is 4.90 Å². The number of aryl methyl sites for hydroxylation is 1. The second-order valence-corrected chi connectivity index (χ2v) is 5.15. The first kappa shape index (κ1) is 14.5. The van der Waals surface area contributed by atoms with Gasteiger partial charge in [0, 0.05) is 17.5 Å². The molecule has 22 heavy (non-hydrogen) atoms. The van der Waals surface area contributed by atoms with Gasteiger partial charge in [0.15, 0.2) is 11.9 Å².